The van der Waals surface area contributed by atoms with Gasteiger partial charge in [0, 0.05) is 32.3 Å². The van der Waals surface area contributed by atoms with Crippen LogP contribution in [0.2, 0.25) is 0 Å². The first-order valence-corrected chi connectivity index (χ1v) is 10.0. The average Bonchev–Trinajstić information content (AvgIpc) is 3.27. The number of tetrazole rings is 1. The number of nitrogens with zero attached hydrogens (tertiary/aromatic N) is 5. The molecule has 1 fully saturated rings. The average molecular weight is 389 g/mol. The highest BCUT2D eigenvalue weighted by Crippen LogP contribution is 2.38. The van der Waals surface area contributed by atoms with Gasteiger partial charge in [-0.3, -0.25) is 4.79 Å². The molecule has 27 heavy (non-hydrogen) atoms. The number of ether oxygens (including phenoxy) is 2. The molecule has 1 saturated heterocycles. The number of fused-ring (bicyclic) bond motifs is 1. The number of piperidine rings is 1. The Bertz CT molecular complexity index is 842. The van der Waals surface area contributed by atoms with Gasteiger partial charge in [-0.15, -0.1) is 5.10 Å². The summed E-state index contributed by atoms with van der Waals surface area (Å²) in [6, 6.07) is 6.13. The van der Waals surface area contributed by atoms with E-state index in [0.717, 1.165) is 41.8 Å². The second-order valence-electron chi connectivity index (χ2n) is 7.42. The molecule has 9 heteroatoms. The summed E-state index contributed by atoms with van der Waals surface area (Å²) in [4.78, 5) is 14.4. The quantitative estimate of drug-likeness (QED) is 0.698. The van der Waals surface area contributed by atoms with Gasteiger partial charge in [0.2, 0.25) is 17.9 Å². The van der Waals surface area contributed by atoms with E-state index < -0.39 is 0 Å². The minimum absolute atomic E-state index is 0.0542. The van der Waals surface area contributed by atoms with Crippen LogP contribution in [-0.2, 0) is 18.3 Å². The molecule has 1 unspecified atom stereocenters. The third-order valence-corrected chi connectivity index (χ3v) is 6.10. The molecule has 0 bridgehead atoms. The van der Waals surface area contributed by atoms with Crippen molar-refractivity contribution in [3.63, 3.8) is 0 Å². The van der Waals surface area contributed by atoms with Crippen molar-refractivity contribution >= 4 is 17.7 Å². The Labute approximate surface area is 162 Å². The van der Waals surface area contributed by atoms with E-state index in [9.17, 15) is 4.79 Å². The zero-order valence-corrected chi connectivity index (χ0v) is 16.4. The van der Waals surface area contributed by atoms with Gasteiger partial charge in [-0.2, -0.15) is 0 Å². The van der Waals surface area contributed by atoms with Crippen molar-refractivity contribution in [3.05, 3.63) is 23.8 Å². The summed E-state index contributed by atoms with van der Waals surface area (Å²) < 4.78 is 12.5. The first kappa shape index (κ1) is 18.1. The molecule has 1 aromatic heterocycles. The van der Waals surface area contributed by atoms with Crippen LogP contribution in [0.3, 0.4) is 0 Å². The van der Waals surface area contributed by atoms with Crippen LogP contribution in [0.25, 0.3) is 0 Å². The van der Waals surface area contributed by atoms with Crippen LogP contribution in [0.15, 0.2) is 23.4 Å². The van der Waals surface area contributed by atoms with E-state index >= 15 is 0 Å². The van der Waals surface area contributed by atoms with Gasteiger partial charge < -0.3 is 14.4 Å². The van der Waals surface area contributed by atoms with Crippen molar-refractivity contribution in [1.29, 1.82) is 0 Å². The number of thioether (sulfide) groups is 1. The predicted molar refractivity (Wildman–Crippen MR) is 99.7 cm³/mol. The van der Waals surface area contributed by atoms with Crippen molar-refractivity contribution in [2.45, 2.75) is 31.3 Å². The largest absolute Gasteiger partial charge is 0.454 e. The molecule has 3 heterocycles. The van der Waals surface area contributed by atoms with Gasteiger partial charge in [-0.25, -0.2) is 4.68 Å². The van der Waals surface area contributed by atoms with Crippen molar-refractivity contribution in [2.24, 2.45) is 12.5 Å². The first-order valence-electron chi connectivity index (χ1n) is 9.04. The standard InChI is InChI=1S/C18H23N5O3S/c1-18(10-13-3-4-14-15(9-13)26-12-25-14)6-5-16(24)23(11-18)7-8-27-17-19-20-21-22(17)2/h3-4,9H,5-8,10-12H2,1-2H3. The number of hydrogen-bond acceptors (Lipinski definition) is 7. The highest BCUT2D eigenvalue weighted by molar-refractivity contribution is 7.99. The molecule has 0 spiro atoms. The number of likely N-dealkylation sites (tertiary alicyclic amines) is 1. The lowest BCUT2D eigenvalue weighted by molar-refractivity contribution is -0.136. The van der Waals surface area contributed by atoms with E-state index in [4.69, 9.17) is 9.47 Å². The van der Waals surface area contributed by atoms with Gasteiger partial charge in [-0.1, -0.05) is 24.8 Å². The molecule has 2 aliphatic rings. The molecule has 1 aromatic carbocycles. The zero-order valence-electron chi connectivity index (χ0n) is 15.6. The molecule has 0 aliphatic carbocycles. The lowest BCUT2D eigenvalue weighted by Gasteiger charge is -2.40. The van der Waals surface area contributed by atoms with E-state index in [1.807, 2.05) is 18.0 Å². The monoisotopic (exact) mass is 389 g/mol. The summed E-state index contributed by atoms with van der Waals surface area (Å²) in [7, 11) is 1.82. The fourth-order valence-corrected chi connectivity index (χ4v) is 4.49. The maximum Gasteiger partial charge on any atom is 0.231 e. The van der Waals surface area contributed by atoms with Crippen LogP contribution in [0, 0.1) is 5.41 Å². The Morgan fingerprint density at radius 1 is 1.30 bits per heavy atom. The summed E-state index contributed by atoms with van der Waals surface area (Å²) >= 11 is 1.57. The topological polar surface area (TPSA) is 82.4 Å². The smallest absolute Gasteiger partial charge is 0.231 e. The van der Waals surface area contributed by atoms with Crippen LogP contribution in [0.1, 0.15) is 25.3 Å². The molecule has 0 saturated carbocycles. The number of benzene rings is 1. The number of aryl methyl sites for hydroxylation is 1. The number of rotatable bonds is 6. The number of carbonyl (C=O) groups excluding carboxylic acids is 1. The minimum Gasteiger partial charge on any atom is -0.454 e. The summed E-state index contributed by atoms with van der Waals surface area (Å²) in [5, 5.41) is 12.2. The van der Waals surface area contributed by atoms with Gasteiger partial charge in [-0.05, 0) is 46.4 Å². The lowest BCUT2D eigenvalue weighted by Crippen LogP contribution is -2.47. The summed E-state index contributed by atoms with van der Waals surface area (Å²) in [6.45, 7) is 4.01. The van der Waals surface area contributed by atoms with E-state index in [1.54, 1.807) is 16.4 Å². The Hall–Kier alpha value is -2.29. The van der Waals surface area contributed by atoms with Crippen LogP contribution in [0.4, 0.5) is 0 Å². The lowest BCUT2D eigenvalue weighted by atomic mass is 9.76. The van der Waals surface area contributed by atoms with E-state index in [0.29, 0.717) is 13.0 Å². The van der Waals surface area contributed by atoms with Gasteiger partial charge in [0.05, 0.1) is 0 Å². The van der Waals surface area contributed by atoms with Crippen molar-refractivity contribution in [2.75, 3.05) is 25.6 Å². The maximum atomic E-state index is 12.4. The molecule has 8 nitrogen and oxygen atoms in total. The number of aromatic nitrogens is 4. The molecule has 0 radical (unpaired) electrons. The molecular formula is C18H23N5O3S. The molecule has 0 N–H and O–H groups in total. The Morgan fingerprint density at radius 2 is 2.15 bits per heavy atom. The van der Waals surface area contributed by atoms with Crippen LogP contribution in [0.5, 0.6) is 11.5 Å². The number of carbonyl (C=O) groups is 1. The van der Waals surface area contributed by atoms with Crippen molar-refractivity contribution in [3.8, 4) is 11.5 Å². The first-order chi connectivity index (χ1) is 13.0. The third-order valence-electron chi connectivity index (χ3n) is 5.11. The Balaban J connectivity index is 1.37. The normalized spacial score (nSPS) is 21.7. The van der Waals surface area contributed by atoms with Crippen molar-refractivity contribution < 1.29 is 14.3 Å². The van der Waals surface area contributed by atoms with E-state index in [-0.39, 0.29) is 18.1 Å². The number of amides is 1. The molecule has 2 aliphatic heterocycles. The predicted octanol–water partition coefficient (Wildman–Crippen LogP) is 1.90. The van der Waals surface area contributed by atoms with Gasteiger partial charge in [0.15, 0.2) is 11.5 Å². The Kier molecular flexibility index (Phi) is 4.94. The zero-order chi connectivity index (χ0) is 18.9. The highest BCUT2D eigenvalue weighted by atomic mass is 32.2. The second kappa shape index (κ2) is 7.38. The van der Waals surface area contributed by atoms with Crippen LogP contribution < -0.4 is 9.47 Å². The second-order valence-corrected chi connectivity index (χ2v) is 8.49. The fraction of sp³-hybridized carbons (Fsp3) is 0.556. The van der Waals surface area contributed by atoms with Crippen LogP contribution in [-0.4, -0.2) is 56.6 Å². The molecule has 2 aromatic rings. The van der Waals surface area contributed by atoms with Gasteiger partial charge in [0.1, 0.15) is 0 Å². The molecule has 144 valence electrons. The molecule has 4 rings (SSSR count). The summed E-state index contributed by atoms with van der Waals surface area (Å²) in [6.07, 6.45) is 2.40. The Morgan fingerprint density at radius 3 is 2.96 bits per heavy atom. The van der Waals surface area contributed by atoms with Crippen molar-refractivity contribution in [1.82, 2.24) is 25.1 Å². The molecule has 1 atom stereocenters. The summed E-state index contributed by atoms with van der Waals surface area (Å²) in [5.74, 6) is 2.63. The molecular weight excluding hydrogens is 366 g/mol. The SMILES string of the molecule is Cn1nnnc1SCCN1CC(C)(Cc2ccc3c(c2)OCO3)CCC1=O. The van der Waals surface area contributed by atoms with E-state index in [2.05, 4.69) is 34.6 Å². The third kappa shape index (κ3) is 4.02. The van der Waals surface area contributed by atoms with E-state index in [1.165, 1.54) is 5.56 Å². The van der Waals surface area contributed by atoms with Crippen LogP contribution >= 0.6 is 11.8 Å². The van der Waals surface area contributed by atoms with Gasteiger partial charge in [0.25, 0.3) is 0 Å². The number of hydrogen-bond donors (Lipinski definition) is 0. The van der Waals surface area contributed by atoms with Gasteiger partial charge >= 0.3 is 0 Å². The minimum atomic E-state index is 0.0542. The maximum absolute atomic E-state index is 12.4. The fourth-order valence-electron chi connectivity index (χ4n) is 3.68. The highest BCUT2D eigenvalue weighted by Gasteiger charge is 2.35. The summed E-state index contributed by atoms with van der Waals surface area (Å²) in [5.41, 5.74) is 1.27. The molecule has 1 amide bonds.